The predicted molar refractivity (Wildman–Crippen MR) is 70.0 cm³/mol. The summed E-state index contributed by atoms with van der Waals surface area (Å²) in [6.07, 6.45) is 1.53. The Bertz CT molecular complexity index is 390. The highest BCUT2D eigenvalue weighted by atomic mass is 16.3. The van der Waals surface area contributed by atoms with Crippen molar-refractivity contribution in [1.82, 2.24) is 5.32 Å². The molecule has 1 rings (SSSR count). The van der Waals surface area contributed by atoms with Gasteiger partial charge in [0.05, 0.1) is 6.61 Å². The van der Waals surface area contributed by atoms with Crippen molar-refractivity contribution < 1.29 is 10.2 Å². The first-order valence-corrected chi connectivity index (χ1v) is 5.79. The fourth-order valence-corrected chi connectivity index (χ4v) is 1.66. The molecule has 0 saturated carbocycles. The first kappa shape index (κ1) is 13.9. The van der Waals surface area contributed by atoms with E-state index in [0.29, 0.717) is 13.1 Å². The second-order valence-corrected chi connectivity index (χ2v) is 4.33. The lowest BCUT2D eigenvalue weighted by Gasteiger charge is -2.26. The van der Waals surface area contributed by atoms with Crippen LogP contribution in [0.1, 0.15) is 16.7 Å². The monoisotopic (exact) mass is 235 g/mol. The highest BCUT2D eigenvalue weighted by Crippen LogP contribution is 2.23. The Morgan fingerprint density at radius 2 is 2.06 bits per heavy atom. The van der Waals surface area contributed by atoms with Gasteiger partial charge >= 0.3 is 0 Å². The summed E-state index contributed by atoms with van der Waals surface area (Å²) in [6.45, 7) is 8.60. The number of hydrogen-bond acceptors (Lipinski definition) is 3. The van der Waals surface area contributed by atoms with Crippen molar-refractivity contribution in [3.8, 4) is 0 Å². The summed E-state index contributed by atoms with van der Waals surface area (Å²) < 4.78 is 0. The van der Waals surface area contributed by atoms with Gasteiger partial charge in [-0.2, -0.15) is 0 Å². The normalized spacial score (nSPS) is 14.4. The maximum Gasteiger partial charge on any atom is 0.120 e. The highest BCUT2D eigenvalue weighted by molar-refractivity contribution is 5.35. The van der Waals surface area contributed by atoms with Crippen LogP contribution in [0.25, 0.3) is 0 Å². The van der Waals surface area contributed by atoms with Crippen LogP contribution in [0.2, 0.25) is 0 Å². The van der Waals surface area contributed by atoms with Crippen LogP contribution >= 0.6 is 0 Å². The predicted octanol–water partition coefficient (Wildman–Crippen LogP) is 1.26. The molecular formula is C14H21NO2. The van der Waals surface area contributed by atoms with Crippen molar-refractivity contribution in [2.24, 2.45) is 0 Å². The first-order chi connectivity index (χ1) is 8.03. The first-order valence-electron chi connectivity index (χ1n) is 5.79. The Hall–Kier alpha value is -1.16. The van der Waals surface area contributed by atoms with Crippen LogP contribution in [-0.2, 0) is 5.60 Å². The summed E-state index contributed by atoms with van der Waals surface area (Å²) in [5.74, 6) is 0. The van der Waals surface area contributed by atoms with E-state index in [9.17, 15) is 5.11 Å². The lowest BCUT2D eigenvalue weighted by atomic mass is 9.91. The van der Waals surface area contributed by atoms with Gasteiger partial charge in [0.15, 0.2) is 0 Å². The third kappa shape index (κ3) is 3.40. The molecular weight excluding hydrogens is 214 g/mol. The third-order valence-electron chi connectivity index (χ3n) is 3.03. The van der Waals surface area contributed by atoms with Gasteiger partial charge in [-0.1, -0.05) is 30.9 Å². The average molecular weight is 235 g/mol. The molecule has 0 fully saturated rings. The zero-order valence-electron chi connectivity index (χ0n) is 10.5. The van der Waals surface area contributed by atoms with E-state index in [1.54, 1.807) is 0 Å². The molecule has 0 bridgehead atoms. The summed E-state index contributed by atoms with van der Waals surface area (Å²) >= 11 is 0. The Balaban J connectivity index is 2.90. The molecule has 0 aliphatic carbocycles. The maximum absolute atomic E-state index is 10.5. The Labute approximate surface area is 103 Å². The molecule has 0 heterocycles. The molecule has 0 aliphatic rings. The van der Waals surface area contributed by atoms with E-state index < -0.39 is 5.60 Å². The van der Waals surface area contributed by atoms with Crippen molar-refractivity contribution in [3.63, 3.8) is 0 Å². The molecule has 1 unspecified atom stereocenters. The van der Waals surface area contributed by atoms with E-state index in [0.717, 1.165) is 11.1 Å². The molecule has 0 spiro atoms. The van der Waals surface area contributed by atoms with E-state index in [4.69, 9.17) is 5.11 Å². The van der Waals surface area contributed by atoms with Crippen molar-refractivity contribution >= 4 is 0 Å². The van der Waals surface area contributed by atoms with Crippen molar-refractivity contribution in [2.45, 2.75) is 19.4 Å². The Kier molecular flexibility index (Phi) is 4.87. The molecule has 1 atom stereocenters. The molecule has 1 aromatic rings. The van der Waals surface area contributed by atoms with E-state index in [1.165, 1.54) is 11.6 Å². The van der Waals surface area contributed by atoms with Crippen LogP contribution in [0.15, 0.2) is 30.9 Å². The molecule has 3 nitrogen and oxygen atoms in total. The van der Waals surface area contributed by atoms with Gasteiger partial charge in [-0.15, -0.1) is 0 Å². The number of nitrogens with one attached hydrogen (secondary N) is 1. The lowest BCUT2D eigenvalue weighted by Crippen LogP contribution is -2.37. The van der Waals surface area contributed by atoms with Gasteiger partial charge in [0, 0.05) is 13.1 Å². The molecule has 0 aromatic heterocycles. The van der Waals surface area contributed by atoms with Crippen LogP contribution in [0.3, 0.4) is 0 Å². The molecule has 1 aromatic carbocycles. The number of rotatable bonds is 6. The largest absolute Gasteiger partial charge is 0.395 e. The smallest absolute Gasteiger partial charge is 0.120 e. The molecule has 94 valence electrons. The zero-order valence-corrected chi connectivity index (χ0v) is 10.5. The van der Waals surface area contributed by atoms with Crippen LogP contribution in [0, 0.1) is 13.8 Å². The Morgan fingerprint density at radius 1 is 1.35 bits per heavy atom. The molecule has 3 N–H and O–H groups in total. The number of benzene rings is 1. The molecule has 3 heteroatoms. The second-order valence-electron chi connectivity index (χ2n) is 4.33. The number of aryl methyl sites for hydroxylation is 2. The van der Waals surface area contributed by atoms with Gasteiger partial charge in [-0.25, -0.2) is 0 Å². The summed E-state index contributed by atoms with van der Waals surface area (Å²) in [5.41, 5.74) is 2.07. The molecule has 17 heavy (non-hydrogen) atoms. The number of aliphatic hydroxyl groups is 2. The minimum atomic E-state index is -1.09. The quantitative estimate of drug-likeness (QED) is 0.514. The summed E-state index contributed by atoms with van der Waals surface area (Å²) in [6, 6.07) is 5.87. The zero-order chi connectivity index (χ0) is 12.9. The maximum atomic E-state index is 10.5. The standard InChI is InChI=1S/C14H21NO2/c1-4-14(17,10-15-7-8-16)13-6-5-11(2)12(3)9-13/h4-6,9,15-17H,1,7-8,10H2,2-3H3. The molecule has 0 radical (unpaired) electrons. The number of aliphatic hydroxyl groups excluding tert-OH is 1. The van der Waals surface area contributed by atoms with Crippen LogP contribution in [0.5, 0.6) is 0 Å². The van der Waals surface area contributed by atoms with E-state index in [-0.39, 0.29) is 6.61 Å². The van der Waals surface area contributed by atoms with Crippen LogP contribution in [-0.4, -0.2) is 29.9 Å². The van der Waals surface area contributed by atoms with Crippen LogP contribution < -0.4 is 5.32 Å². The minimum Gasteiger partial charge on any atom is -0.395 e. The molecule has 0 saturated heterocycles. The average Bonchev–Trinajstić information content (AvgIpc) is 2.32. The van der Waals surface area contributed by atoms with E-state index in [2.05, 4.69) is 11.9 Å². The highest BCUT2D eigenvalue weighted by Gasteiger charge is 2.25. The lowest BCUT2D eigenvalue weighted by molar-refractivity contribution is 0.0873. The van der Waals surface area contributed by atoms with Gasteiger partial charge in [-0.3, -0.25) is 0 Å². The van der Waals surface area contributed by atoms with Crippen molar-refractivity contribution in [2.75, 3.05) is 19.7 Å². The third-order valence-corrected chi connectivity index (χ3v) is 3.03. The molecule has 0 aliphatic heterocycles. The summed E-state index contributed by atoms with van der Waals surface area (Å²) in [7, 11) is 0. The fraction of sp³-hybridized carbons (Fsp3) is 0.429. The number of hydrogen-bond donors (Lipinski definition) is 3. The van der Waals surface area contributed by atoms with Gasteiger partial charge in [0.2, 0.25) is 0 Å². The summed E-state index contributed by atoms with van der Waals surface area (Å²) in [4.78, 5) is 0. The summed E-state index contributed by atoms with van der Waals surface area (Å²) in [5, 5.41) is 22.2. The fourth-order valence-electron chi connectivity index (χ4n) is 1.66. The topological polar surface area (TPSA) is 52.5 Å². The minimum absolute atomic E-state index is 0.0557. The van der Waals surface area contributed by atoms with Gasteiger partial charge in [0.25, 0.3) is 0 Å². The molecule has 0 amide bonds. The Morgan fingerprint density at radius 3 is 2.59 bits per heavy atom. The van der Waals surface area contributed by atoms with E-state index >= 15 is 0 Å². The van der Waals surface area contributed by atoms with Gasteiger partial charge in [0.1, 0.15) is 5.60 Å². The van der Waals surface area contributed by atoms with Crippen molar-refractivity contribution in [1.29, 1.82) is 0 Å². The van der Waals surface area contributed by atoms with Gasteiger partial charge in [-0.05, 0) is 30.5 Å². The van der Waals surface area contributed by atoms with E-state index in [1.807, 2.05) is 32.0 Å². The second kappa shape index (κ2) is 5.96. The van der Waals surface area contributed by atoms with Crippen molar-refractivity contribution in [3.05, 3.63) is 47.5 Å². The van der Waals surface area contributed by atoms with Gasteiger partial charge < -0.3 is 15.5 Å². The van der Waals surface area contributed by atoms with Crippen LogP contribution in [0.4, 0.5) is 0 Å². The SMILES string of the molecule is C=CC(O)(CNCCO)c1ccc(C)c(C)c1.